The van der Waals surface area contributed by atoms with Gasteiger partial charge in [0.2, 0.25) is 0 Å². The average Bonchev–Trinajstić information content (AvgIpc) is 2.04. The Balaban J connectivity index is 2.69. The van der Waals surface area contributed by atoms with Crippen molar-refractivity contribution in [2.45, 2.75) is 17.5 Å². The van der Waals surface area contributed by atoms with Crippen molar-refractivity contribution in [3.63, 3.8) is 0 Å². The van der Waals surface area contributed by atoms with E-state index in [1.54, 1.807) is 18.3 Å². The zero-order valence-electron chi connectivity index (χ0n) is 6.84. The molecule has 5 heteroatoms. The standard InChI is InChI=1S/C8H10N2O2S/c9-6(8(11)12)3-5-1-2-10-7(13)4-5/h1-2,4,6H,3,9H2,(H,10,13)(H,11,12). The number of carboxylic acids is 1. The molecule has 0 bridgehead atoms. The molecule has 1 aromatic rings. The zero-order valence-corrected chi connectivity index (χ0v) is 7.74. The summed E-state index contributed by atoms with van der Waals surface area (Å²) >= 11 is 4.03. The molecule has 0 fully saturated rings. The minimum absolute atomic E-state index is 0.297. The van der Waals surface area contributed by atoms with Crippen LogP contribution in [-0.4, -0.2) is 22.1 Å². The number of carbonyl (C=O) groups is 1. The van der Waals surface area contributed by atoms with E-state index in [1.807, 2.05) is 0 Å². The van der Waals surface area contributed by atoms with Crippen LogP contribution in [0.2, 0.25) is 0 Å². The molecule has 1 unspecified atom stereocenters. The van der Waals surface area contributed by atoms with E-state index in [0.29, 0.717) is 11.4 Å². The average molecular weight is 198 g/mol. The predicted molar refractivity (Wildman–Crippen MR) is 50.8 cm³/mol. The van der Waals surface area contributed by atoms with E-state index in [-0.39, 0.29) is 0 Å². The predicted octanol–water partition coefficient (Wildman–Crippen LogP) is 0.325. The van der Waals surface area contributed by atoms with E-state index in [0.717, 1.165) is 5.56 Å². The summed E-state index contributed by atoms with van der Waals surface area (Å²) in [4.78, 5) is 14.3. The first kappa shape index (κ1) is 10.0. The Morgan fingerprint density at radius 3 is 3.00 bits per heavy atom. The second-order valence-corrected chi connectivity index (χ2v) is 3.13. The van der Waals surface area contributed by atoms with Gasteiger partial charge in [-0.25, -0.2) is 0 Å². The monoisotopic (exact) mass is 198 g/mol. The van der Waals surface area contributed by atoms with Gasteiger partial charge in [-0.1, -0.05) is 0 Å². The molecular weight excluding hydrogens is 188 g/mol. The van der Waals surface area contributed by atoms with Gasteiger partial charge in [0, 0.05) is 6.20 Å². The molecule has 0 aromatic carbocycles. The Kier molecular flexibility index (Phi) is 3.27. The summed E-state index contributed by atoms with van der Waals surface area (Å²) in [6, 6.07) is 2.56. The van der Waals surface area contributed by atoms with Crippen molar-refractivity contribution < 1.29 is 9.90 Å². The van der Waals surface area contributed by atoms with E-state index < -0.39 is 12.0 Å². The van der Waals surface area contributed by atoms with Crippen LogP contribution in [0.3, 0.4) is 0 Å². The maximum absolute atomic E-state index is 10.4. The van der Waals surface area contributed by atoms with Crippen LogP contribution < -0.4 is 5.73 Å². The smallest absolute Gasteiger partial charge is 0.320 e. The number of nitrogens with two attached hydrogens (primary N) is 1. The van der Waals surface area contributed by atoms with Gasteiger partial charge in [0.15, 0.2) is 0 Å². The summed E-state index contributed by atoms with van der Waals surface area (Å²) in [6.07, 6.45) is 1.87. The fraction of sp³-hybridized carbons (Fsp3) is 0.250. The molecule has 4 nitrogen and oxygen atoms in total. The molecule has 0 saturated heterocycles. The van der Waals surface area contributed by atoms with Crippen LogP contribution in [0.5, 0.6) is 0 Å². The molecule has 0 spiro atoms. The van der Waals surface area contributed by atoms with Crippen LogP contribution >= 0.6 is 12.6 Å². The van der Waals surface area contributed by atoms with Gasteiger partial charge in [-0.15, -0.1) is 12.6 Å². The van der Waals surface area contributed by atoms with Gasteiger partial charge in [-0.05, 0) is 24.1 Å². The Bertz CT molecular complexity index is 317. The highest BCUT2D eigenvalue weighted by atomic mass is 32.1. The molecule has 0 aliphatic carbocycles. The molecule has 0 aliphatic rings. The van der Waals surface area contributed by atoms with E-state index in [1.165, 1.54) is 0 Å². The molecule has 0 saturated carbocycles. The molecule has 70 valence electrons. The number of aliphatic carboxylic acids is 1. The van der Waals surface area contributed by atoms with Crippen molar-refractivity contribution in [3.8, 4) is 0 Å². The van der Waals surface area contributed by atoms with Crippen molar-refractivity contribution in [1.29, 1.82) is 0 Å². The third kappa shape index (κ3) is 3.04. The number of carboxylic acid groups (broad SMARTS) is 1. The van der Waals surface area contributed by atoms with Crippen LogP contribution in [0.1, 0.15) is 5.56 Å². The molecule has 1 rings (SSSR count). The first-order chi connectivity index (χ1) is 6.09. The highest BCUT2D eigenvalue weighted by molar-refractivity contribution is 7.80. The number of pyridine rings is 1. The van der Waals surface area contributed by atoms with Gasteiger partial charge in [0.1, 0.15) is 6.04 Å². The fourth-order valence-electron chi connectivity index (χ4n) is 0.929. The Hall–Kier alpha value is -1.07. The Morgan fingerprint density at radius 1 is 1.77 bits per heavy atom. The zero-order chi connectivity index (χ0) is 9.84. The third-order valence-corrected chi connectivity index (χ3v) is 1.83. The maximum atomic E-state index is 10.4. The van der Waals surface area contributed by atoms with Gasteiger partial charge in [0.05, 0.1) is 5.03 Å². The molecule has 1 aromatic heterocycles. The molecule has 3 N–H and O–H groups in total. The largest absolute Gasteiger partial charge is 0.480 e. The lowest BCUT2D eigenvalue weighted by atomic mass is 10.1. The lowest BCUT2D eigenvalue weighted by molar-refractivity contribution is -0.138. The van der Waals surface area contributed by atoms with Crippen molar-refractivity contribution in [2.24, 2.45) is 5.73 Å². The number of hydrogen-bond donors (Lipinski definition) is 3. The second-order valence-electron chi connectivity index (χ2n) is 2.67. The van der Waals surface area contributed by atoms with Crippen LogP contribution in [0.4, 0.5) is 0 Å². The van der Waals surface area contributed by atoms with Crippen LogP contribution in [0, 0.1) is 0 Å². The number of nitrogens with zero attached hydrogens (tertiary/aromatic N) is 1. The van der Waals surface area contributed by atoms with Gasteiger partial charge in [0.25, 0.3) is 0 Å². The first-order valence-corrected chi connectivity index (χ1v) is 4.16. The van der Waals surface area contributed by atoms with E-state index in [4.69, 9.17) is 10.8 Å². The van der Waals surface area contributed by atoms with Crippen molar-refractivity contribution >= 4 is 18.6 Å². The number of aromatic nitrogens is 1. The maximum Gasteiger partial charge on any atom is 0.320 e. The van der Waals surface area contributed by atoms with E-state index >= 15 is 0 Å². The van der Waals surface area contributed by atoms with E-state index in [2.05, 4.69) is 17.6 Å². The van der Waals surface area contributed by atoms with Crippen molar-refractivity contribution in [2.75, 3.05) is 0 Å². The van der Waals surface area contributed by atoms with Crippen molar-refractivity contribution in [3.05, 3.63) is 23.9 Å². The van der Waals surface area contributed by atoms with Gasteiger partial charge in [-0.3, -0.25) is 9.78 Å². The highest BCUT2D eigenvalue weighted by Gasteiger charge is 2.11. The highest BCUT2D eigenvalue weighted by Crippen LogP contribution is 2.07. The van der Waals surface area contributed by atoms with Gasteiger partial charge >= 0.3 is 5.97 Å². The summed E-state index contributed by atoms with van der Waals surface area (Å²) in [7, 11) is 0. The molecule has 13 heavy (non-hydrogen) atoms. The summed E-state index contributed by atoms with van der Waals surface area (Å²) in [5.41, 5.74) is 6.18. The minimum Gasteiger partial charge on any atom is -0.480 e. The van der Waals surface area contributed by atoms with Gasteiger partial charge in [-0.2, -0.15) is 0 Å². The van der Waals surface area contributed by atoms with E-state index in [9.17, 15) is 4.79 Å². The summed E-state index contributed by atoms with van der Waals surface area (Å²) < 4.78 is 0. The summed E-state index contributed by atoms with van der Waals surface area (Å²) in [5.74, 6) is -1.00. The third-order valence-electron chi connectivity index (χ3n) is 1.58. The molecule has 0 amide bonds. The molecule has 0 radical (unpaired) electrons. The summed E-state index contributed by atoms with van der Waals surface area (Å²) in [5, 5.41) is 9.12. The quantitative estimate of drug-likeness (QED) is 0.611. The number of hydrogen-bond acceptors (Lipinski definition) is 4. The van der Waals surface area contributed by atoms with Crippen LogP contribution in [0.25, 0.3) is 0 Å². The fourth-order valence-corrected chi connectivity index (χ4v) is 1.16. The van der Waals surface area contributed by atoms with Crippen molar-refractivity contribution in [1.82, 2.24) is 4.98 Å². The second kappa shape index (κ2) is 4.25. The Morgan fingerprint density at radius 2 is 2.46 bits per heavy atom. The number of rotatable bonds is 3. The minimum atomic E-state index is -1.00. The lowest BCUT2D eigenvalue weighted by Crippen LogP contribution is -2.32. The first-order valence-electron chi connectivity index (χ1n) is 3.72. The molecule has 0 aliphatic heterocycles. The summed E-state index contributed by atoms with van der Waals surface area (Å²) in [6.45, 7) is 0. The molecule has 1 heterocycles. The molecular formula is C8H10N2O2S. The van der Waals surface area contributed by atoms with Gasteiger partial charge < -0.3 is 10.8 Å². The van der Waals surface area contributed by atoms with Crippen LogP contribution in [-0.2, 0) is 11.2 Å². The lowest BCUT2D eigenvalue weighted by Gasteiger charge is -2.05. The normalized spacial score (nSPS) is 12.5. The molecule has 1 atom stereocenters. The topological polar surface area (TPSA) is 76.2 Å². The number of thiol groups is 1. The van der Waals surface area contributed by atoms with Crippen LogP contribution in [0.15, 0.2) is 23.4 Å². The SMILES string of the molecule is NC(Cc1ccnc(S)c1)C(=O)O. The Labute approximate surface area is 81.2 Å².